The molecule has 0 radical (unpaired) electrons. The molecule has 1 aromatic carbocycles. The van der Waals surface area contributed by atoms with E-state index in [1.165, 1.54) is 0 Å². The van der Waals surface area contributed by atoms with E-state index in [4.69, 9.17) is 11.6 Å². The molecule has 0 spiro atoms. The van der Waals surface area contributed by atoms with Crippen molar-refractivity contribution in [1.29, 1.82) is 0 Å². The first kappa shape index (κ1) is 21.9. The minimum Gasteiger partial charge on any atom is -0.341 e. The van der Waals surface area contributed by atoms with E-state index < -0.39 is 17.9 Å². The van der Waals surface area contributed by atoms with Crippen LogP contribution in [-0.4, -0.2) is 52.0 Å². The van der Waals surface area contributed by atoms with Gasteiger partial charge in [0.25, 0.3) is 11.8 Å². The number of nitrogens with one attached hydrogen (secondary N) is 3. The second-order valence-electron chi connectivity index (χ2n) is 5.90. The fourth-order valence-corrected chi connectivity index (χ4v) is 3.20. The Morgan fingerprint density at radius 1 is 1.21 bits per heavy atom. The summed E-state index contributed by atoms with van der Waals surface area (Å²) in [6.07, 6.45) is 0. The molecule has 3 amide bonds. The molecular formula is C18H21BrClN5O3. The zero-order valence-electron chi connectivity index (χ0n) is 15.7. The van der Waals surface area contributed by atoms with E-state index in [0.717, 1.165) is 0 Å². The van der Waals surface area contributed by atoms with Crippen molar-refractivity contribution in [2.75, 3.05) is 18.4 Å². The van der Waals surface area contributed by atoms with Crippen LogP contribution in [-0.2, 0) is 4.79 Å². The smallest absolute Gasteiger partial charge is 0.271 e. The topological polar surface area (TPSA) is 107 Å². The Morgan fingerprint density at radius 2 is 1.86 bits per heavy atom. The SMILES string of the molecule is CCN(CC)C(=O)[C@@H](C)NC(=O)c1[nH]nc(NC(=O)c2ccccc2Cl)c1Br. The summed E-state index contributed by atoms with van der Waals surface area (Å²) in [5.41, 5.74) is 0.372. The first-order valence-corrected chi connectivity index (χ1v) is 9.86. The molecule has 1 aromatic heterocycles. The molecule has 0 saturated carbocycles. The van der Waals surface area contributed by atoms with E-state index in [1.54, 1.807) is 36.1 Å². The molecule has 0 aliphatic carbocycles. The largest absolute Gasteiger partial charge is 0.341 e. The molecule has 0 unspecified atom stereocenters. The molecule has 10 heteroatoms. The Kier molecular flexibility index (Phi) is 7.59. The molecule has 0 aliphatic heterocycles. The third kappa shape index (κ3) is 4.90. The van der Waals surface area contributed by atoms with Crippen LogP contribution in [0, 0.1) is 0 Å². The predicted molar refractivity (Wildman–Crippen MR) is 111 cm³/mol. The highest BCUT2D eigenvalue weighted by molar-refractivity contribution is 9.10. The number of hydrogen-bond donors (Lipinski definition) is 3. The van der Waals surface area contributed by atoms with Crippen LogP contribution in [0.5, 0.6) is 0 Å². The van der Waals surface area contributed by atoms with Gasteiger partial charge in [0, 0.05) is 13.1 Å². The molecule has 2 rings (SSSR count). The Labute approximate surface area is 176 Å². The third-order valence-corrected chi connectivity index (χ3v) is 5.18. The van der Waals surface area contributed by atoms with Gasteiger partial charge in [-0.25, -0.2) is 0 Å². The summed E-state index contributed by atoms with van der Waals surface area (Å²) < 4.78 is 0.271. The number of carbonyl (C=O) groups is 3. The van der Waals surface area contributed by atoms with Crippen molar-refractivity contribution in [3.8, 4) is 0 Å². The summed E-state index contributed by atoms with van der Waals surface area (Å²) in [5.74, 6) is -1.03. The number of rotatable bonds is 7. The quantitative estimate of drug-likeness (QED) is 0.578. The van der Waals surface area contributed by atoms with E-state index in [-0.39, 0.29) is 27.5 Å². The maximum absolute atomic E-state index is 12.5. The Balaban J connectivity index is 2.09. The number of carbonyl (C=O) groups excluding carboxylic acids is 3. The van der Waals surface area contributed by atoms with Crippen molar-refractivity contribution < 1.29 is 14.4 Å². The lowest BCUT2D eigenvalue weighted by molar-refractivity contribution is -0.132. The summed E-state index contributed by atoms with van der Waals surface area (Å²) in [4.78, 5) is 38.8. The van der Waals surface area contributed by atoms with Crippen molar-refractivity contribution in [3.05, 3.63) is 45.0 Å². The number of anilines is 1. The normalized spacial score (nSPS) is 11.6. The van der Waals surface area contributed by atoms with Crippen LogP contribution in [0.4, 0.5) is 5.82 Å². The average Bonchev–Trinajstić information content (AvgIpc) is 3.03. The number of nitrogens with zero attached hydrogens (tertiary/aromatic N) is 2. The van der Waals surface area contributed by atoms with Crippen LogP contribution >= 0.6 is 27.5 Å². The van der Waals surface area contributed by atoms with Crippen LogP contribution in [0.1, 0.15) is 41.6 Å². The number of hydrogen-bond acceptors (Lipinski definition) is 4. The molecule has 0 aliphatic rings. The van der Waals surface area contributed by atoms with Gasteiger partial charge in [0.15, 0.2) is 5.82 Å². The Morgan fingerprint density at radius 3 is 2.46 bits per heavy atom. The zero-order chi connectivity index (χ0) is 20.8. The number of aromatic nitrogens is 2. The summed E-state index contributed by atoms with van der Waals surface area (Å²) >= 11 is 9.27. The van der Waals surface area contributed by atoms with E-state index in [0.29, 0.717) is 18.1 Å². The zero-order valence-corrected chi connectivity index (χ0v) is 18.0. The lowest BCUT2D eigenvalue weighted by atomic mass is 10.2. The summed E-state index contributed by atoms with van der Waals surface area (Å²) in [6.45, 7) is 6.47. The van der Waals surface area contributed by atoms with Gasteiger partial charge < -0.3 is 15.5 Å². The first-order valence-electron chi connectivity index (χ1n) is 8.69. The van der Waals surface area contributed by atoms with Crippen molar-refractivity contribution in [3.63, 3.8) is 0 Å². The lowest BCUT2D eigenvalue weighted by Gasteiger charge is -2.23. The molecule has 8 nitrogen and oxygen atoms in total. The van der Waals surface area contributed by atoms with Gasteiger partial charge >= 0.3 is 0 Å². The molecule has 1 atom stereocenters. The molecule has 150 valence electrons. The number of H-pyrrole nitrogens is 1. The average molecular weight is 471 g/mol. The minimum atomic E-state index is -0.705. The summed E-state index contributed by atoms with van der Waals surface area (Å²) in [6, 6.07) is 5.87. The van der Waals surface area contributed by atoms with E-state index in [9.17, 15) is 14.4 Å². The number of likely N-dealkylation sites (N-methyl/N-ethyl adjacent to an activating group) is 1. The Hall–Kier alpha value is -2.39. The number of aromatic amines is 1. The molecule has 2 aromatic rings. The third-order valence-electron chi connectivity index (χ3n) is 4.08. The van der Waals surface area contributed by atoms with Crippen molar-refractivity contribution >= 4 is 51.1 Å². The second-order valence-corrected chi connectivity index (χ2v) is 7.10. The Bertz CT molecular complexity index is 882. The maximum atomic E-state index is 12.5. The van der Waals surface area contributed by atoms with Gasteiger partial charge in [0.1, 0.15) is 11.7 Å². The fourth-order valence-electron chi connectivity index (χ4n) is 2.52. The van der Waals surface area contributed by atoms with Gasteiger partial charge in [-0.3, -0.25) is 19.5 Å². The highest BCUT2D eigenvalue weighted by Gasteiger charge is 2.24. The monoisotopic (exact) mass is 469 g/mol. The molecule has 0 fully saturated rings. The van der Waals surface area contributed by atoms with Gasteiger partial charge in [-0.2, -0.15) is 5.10 Å². The summed E-state index contributed by atoms with van der Waals surface area (Å²) in [5, 5.41) is 12.0. The molecule has 0 bridgehead atoms. The molecule has 1 heterocycles. The maximum Gasteiger partial charge on any atom is 0.271 e. The summed E-state index contributed by atoms with van der Waals surface area (Å²) in [7, 11) is 0. The van der Waals surface area contributed by atoms with E-state index >= 15 is 0 Å². The van der Waals surface area contributed by atoms with Gasteiger partial charge in [-0.15, -0.1) is 0 Å². The van der Waals surface area contributed by atoms with E-state index in [2.05, 4.69) is 36.8 Å². The minimum absolute atomic E-state index is 0.0913. The van der Waals surface area contributed by atoms with Crippen molar-refractivity contribution in [1.82, 2.24) is 20.4 Å². The molecule has 28 heavy (non-hydrogen) atoms. The lowest BCUT2D eigenvalue weighted by Crippen LogP contribution is -2.47. The fraction of sp³-hybridized carbons (Fsp3) is 0.333. The highest BCUT2D eigenvalue weighted by Crippen LogP contribution is 2.25. The standard InChI is InChI=1S/C18H21BrClN5O3/c1-4-25(5-2)18(28)10(3)21-17(27)14-13(19)15(24-23-14)22-16(26)11-8-6-7-9-12(11)20/h6-10H,4-5H2,1-3H3,(H,21,27)(H2,22,23,24,26)/t10-/m1/s1. The number of halogens is 2. The number of benzene rings is 1. The molecule has 3 N–H and O–H groups in total. The van der Waals surface area contributed by atoms with Gasteiger partial charge in [0.05, 0.1) is 15.1 Å². The van der Waals surface area contributed by atoms with Gasteiger partial charge in [-0.1, -0.05) is 23.7 Å². The number of amides is 3. The van der Waals surface area contributed by atoms with Crippen molar-refractivity contribution in [2.24, 2.45) is 0 Å². The highest BCUT2D eigenvalue weighted by atomic mass is 79.9. The molecular weight excluding hydrogens is 450 g/mol. The van der Waals surface area contributed by atoms with Crippen LogP contribution in [0.15, 0.2) is 28.7 Å². The van der Waals surface area contributed by atoms with Gasteiger partial charge in [0.2, 0.25) is 5.91 Å². The van der Waals surface area contributed by atoms with Gasteiger partial charge in [-0.05, 0) is 48.8 Å². The van der Waals surface area contributed by atoms with Crippen LogP contribution in [0.3, 0.4) is 0 Å². The first-order chi connectivity index (χ1) is 13.3. The van der Waals surface area contributed by atoms with E-state index in [1.807, 2.05) is 13.8 Å². The van der Waals surface area contributed by atoms with Crippen LogP contribution in [0.25, 0.3) is 0 Å². The van der Waals surface area contributed by atoms with Crippen LogP contribution < -0.4 is 10.6 Å². The predicted octanol–water partition coefficient (Wildman–Crippen LogP) is 3.06. The second kappa shape index (κ2) is 9.70. The van der Waals surface area contributed by atoms with Crippen molar-refractivity contribution in [2.45, 2.75) is 26.8 Å². The van der Waals surface area contributed by atoms with Crippen LogP contribution in [0.2, 0.25) is 5.02 Å². The molecule has 0 saturated heterocycles.